The summed E-state index contributed by atoms with van der Waals surface area (Å²) in [7, 11) is 0. The van der Waals surface area contributed by atoms with Gasteiger partial charge in [0.05, 0.1) is 22.1 Å². The summed E-state index contributed by atoms with van der Waals surface area (Å²) >= 11 is 0. The Labute approximate surface area is 429 Å². The van der Waals surface area contributed by atoms with Crippen molar-refractivity contribution in [2.24, 2.45) is 0 Å². The molecule has 14 aromatic rings. The van der Waals surface area contributed by atoms with Crippen molar-refractivity contribution in [3.8, 4) is 39.1 Å². The van der Waals surface area contributed by atoms with Crippen molar-refractivity contribution in [2.45, 2.75) is 5.41 Å². The number of para-hydroxylation sites is 2. The molecule has 0 N–H and O–H groups in total. The van der Waals surface area contributed by atoms with Crippen LogP contribution in [0.5, 0.6) is 0 Å². The molecule has 0 saturated heterocycles. The molecule has 0 fully saturated rings. The molecule has 12 aromatic carbocycles. The Bertz CT molecular complexity index is 4430. The van der Waals surface area contributed by atoms with E-state index in [0.717, 1.165) is 55.6 Å². The van der Waals surface area contributed by atoms with E-state index in [1.165, 1.54) is 77.3 Å². The summed E-state index contributed by atoms with van der Waals surface area (Å²) in [6, 6.07) is 102. The van der Waals surface area contributed by atoms with Crippen LogP contribution in [-0.4, -0.2) is 4.57 Å². The van der Waals surface area contributed by atoms with Crippen molar-refractivity contribution in [1.82, 2.24) is 4.57 Å². The van der Waals surface area contributed by atoms with Crippen LogP contribution >= 0.6 is 0 Å². The predicted octanol–water partition coefficient (Wildman–Crippen LogP) is 19.0. The topological polar surface area (TPSA) is 21.3 Å². The second-order valence-corrected chi connectivity index (χ2v) is 19.5. The third kappa shape index (κ3) is 6.33. The van der Waals surface area contributed by atoms with Crippen LogP contribution in [0.1, 0.15) is 22.3 Å². The first-order valence-electron chi connectivity index (χ1n) is 25.5. The number of fused-ring (bicyclic) bond motifs is 10. The van der Waals surface area contributed by atoms with Gasteiger partial charge < -0.3 is 13.9 Å². The molecule has 0 amide bonds. The van der Waals surface area contributed by atoms with E-state index in [4.69, 9.17) is 4.42 Å². The number of benzene rings is 12. The average molecular weight is 943 g/mol. The van der Waals surface area contributed by atoms with Gasteiger partial charge in [0.15, 0.2) is 0 Å². The van der Waals surface area contributed by atoms with Gasteiger partial charge in [-0.05, 0) is 140 Å². The van der Waals surface area contributed by atoms with E-state index >= 15 is 0 Å². The molecule has 0 spiro atoms. The summed E-state index contributed by atoms with van der Waals surface area (Å²) in [6.07, 6.45) is 0. The lowest BCUT2D eigenvalue weighted by Gasteiger charge is -2.34. The van der Waals surface area contributed by atoms with Gasteiger partial charge in [0.1, 0.15) is 11.2 Å². The molecule has 3 nitrogen and oxygen atoms in total. The Hall–Kier alpha value is -9.70. The second kappa shape index (κ2) is 16.7. The molecule has 1 aliphatic carbocycles. The maximum Gasteiger partial charge on any atom is 0.135 e. The third-order valence-corrected chi connectivity index (χ3v) is 15.7. The molecule has 0 saturated carbocycles. The molecule has 0 aliphatic heterocycles. The quantitative estimate of drug-likeness (QED) is 0.151. The molecule has 0 unspecified atom stereocenters. The lowest BCUT2D eigenvalue weighted by molar-refractivity contribution is 0.669. The van der Waals surface area contributed by atoms with Crippen LogP contribution in [0.2, 0.25) is 0 Å². The standard InChI is InChI=1S/C71H46N2O/c1-4-18-47(19-5-1)48-32-36-53(37-33-48)72(54-38-43-70-63(46-54)60-28-14-17-31-69(60)74-70)66-42-39-55(56-24-10-11-27-59(56)66)49-34-40-67-61(44-49)62-45-51(35-41-68(62)73(67)52-22-8-3-9-23-52)71(50-20-6-2-7-21-50)64-29-15-12-25-57(64)58-26-13-16-30-65(58)71/h1-46H. The number of nitrogens with zero attached hydrogens (tertiary/aromatic N) is 2. The molecule has 2 aromatic heterocycles. The second-order valence-electron chi connectivity index (χ2n) is 19.5. The number of aromatic nitrogens is 1. The average Bonchev–Trinajstić information content (AvgIpc) is 4.16. The molecule has 0 bridgehead atoms. The molecular weight excluding hydrogens is 897 g/mol. The monoisotopic (exact) mass is 942 g/mol. The van der Waals surface area contributed by atoms with Gasteiger partial charge in [-0.3, -0.25) is 0 Å². The summed E-state index contributed by atoms with van der Waals surface area (Å²) in [6.45, 7) is 0. The summed E-state index contributed by atoms with van der Waals surface area (Å²) in [5.41, 5.74) is 20.4. The Morgan fingerprint density at radius 3 is 1.61 bits per heavy atom. The SMILES string of the molecule is c1ccc(-c2ccc(N(c3ccc4oc5ccccc5c4c3)c3ccc(-c4ccc5c(c4)c4cc(C6(c7ccccc7)c7ccccc7-c7ccccc76)ccc4n5-c4ccccc4)c4ccccc34)cc2)cc1. The van der Waals surface area contributed by atoms with E-state index in [1.54, 1.807) is 0 Å². The van der Waals surface area contributed by atoms with E-state index in [0.29, 0.717) is 0 Å². The maximum absolute atomic E-state index is 6.35. The van der Waals surface area contributed by atoms with Gasteiger partial charge in [-0.2, -0.15) is 0 Å². The van der Waals surface area contributed by atoms with Gasteiger partial charge in [0.25, 0.3) is 0 Å². The van der Waals surface area contributed by atoms with Gasteiger partial charge in [-0.25, -0.2) is 0 Å². The minimum Gasteiger partial charge on any atom is -0.456 e. The smallest absolute Gasteiger partial charge is 0.135 e. The van der Waals surface area contributed by atoms with Gasteiger partial charge in [-0.1, -0.05) is 200 Å². The fourth-order valence-electron chi connectivity index (χ4n) is 12.4. The lowest BCUT2D eigenvalue weighted by atomic mass is 9.67. The fraction of sp³-hybridized carbons (Fsp3) is 0.0141. The Balaban J connectivity index is 0.939. The number of rotatable bonds is 8. The van der Waals surface area contributed by atoms with E-state index < -0.39 is 5.41 Å². The van der Waals surface area contributed by atoms with Crippen molar-refractivity contribution in [1.29, 1.82) is 0 Å². The molecule has 3 heteroatoms. The third-order valence-electron chi connectivity index (χ3n) is 15.7. The number of furan rings is 1. The van der Waals surface area contributed by atoms with E-state index in [-0.39, 0.29) is 0 Å². The zero-order valence-corrected chi connectivity index (χ0v) is 40.4. The molecule has 15 rings (SSSR count). The minimum atomic E-state index is -0.517. The first-order valence-corrected chi connectivity index (χ1v) is 25.5. The van der Waals surface area contributed by atoms with Crippen molar-refractivity contribution in [3.05, 3.63) is 301 Å². The van der Waals surface area contributed by atoms with Gasteiger partial charge in [-0.15, -0.1) is 0 Å². The molecule has 1 aliphatic rings. The number of hydrogen-bond acceptors (Lipinski definition) is 2. The normalized spacial score (nSPS) is 12.7. The largest absolute Gasteiger partial charge is 0.456 e. The Kier molecular flexibility index (Phi) is 9.48. The van der Waals surface area contributed by atoms with Gasteiger partial charge in [0.2, 0.25) is 0 Å². The zero-order valence-electron chi connectivity index (χ0n) is 40.4. The predicted molar refractivity (Wildman–Crippen MR) is 308 cm³/mol. The molecule has 2 heterocycles. The van der Waals surface area contributed by atoms with Crippen LogP contribution < -0.4 is 4.90 Å². The lowest BCUT2D eigenvalue weighted by Crippen LogP contribution is -2.28. The molecular formula is C71H46N2O. The highest BCUT2D eigenvalue weighted by molar-refractivity contribution is 6.14. The Morgan fingerprint density at radius 1 is 0.311 bits per heavy atom. The summed E-state index contributed by atoms with van der Waals surface area (Å²) in [5.74, 6) is 0. The van der Waals surface area contributed by atoms with E-state index in [1.807, 2.05) is 12.1 Å². The van der Waals surface area contributed by atoms with Crippen molar-refractivity contribution in [2.75, 3.05) is 4.90 Å². The molecule has 74 heavy (non-hydrogen) atoms. The number of hydrogen-bond donors (Lipinski definition) is 0. The van der Waals surface area contributed by atoms with Crippen LogP contribution in [0.15, 0.2) is 283 Å². The molecule has 0 radical (unpaired) electrons. The highest BCUT2D eigenvalue weighted by Crippen LogP contribution is 2.57. The summed E-state index contributed by atoms with van der Waals surface area (Å²) in [5, 5.41) is 6.96. The van der Waals surface area contributed by atoms with Crippen molar-refractivity contribution < 1.29 is 4.42 Å². The first kappa shape index (κ1) is 42.0. The minimum absolute atomic E-state index is 0.517. The van der Waals surface area contributed by atoms with Crippen LogP contribution in [0.4, 0.5) is 17.1 Å². The van der Waals surface area contributed by atoms with Crippen LogP contribution in [0.25, 0.3) is 93.6 Å². The van der Waals surface area contributed by atoms with E-state index in [9.17, 15) is 0 Å². The summed E-state index contributed by atoms with van der Waals surface area (Å²) < 4.78 is 8.78. The van der Waals surface area contributed by atoms with Gasteiger partial charge in [0, 0.05) is 44.0 Å². The van der Waals surface area contributed by atoms with Crippen molar-refractivity contribution in [3.63, 3.8) is 0 Å². The highest BCUT2D eigenvalue weighted by Gasteiger charge is 2.46. The van der Waals surface area contributed by atoms with E-state index in [2.05, 4.69) is 276 Å². The highest BCUT2D eigenvalue weighted by atomic mass is 16.3. The van der Waals surface area contributed by atoms with Crippen LogP contribution in [-0.2, 0) is 5.41 Å². The first-order chi connectivity index (χ1) is 36.7. The fourth-order valence-corrected chi connectivity index (χ4v) is 12.4. The van der Waals surface area contributed by atoms with Crippen LogP contribution in [0.3, 0.4) is 0 Å². The van der Waals surface area contributed by atoms with Crippen LogP contribution in [0, 0.1) is 0 Å². The van der Waals surface area contributed by atoms with Crippen molar-refractivity contribution >= 4 is 71.6 Å². The Morgan fingerprint density at radius 2 is 0.865 bits per heavy atom. The van der Waals surface area contributed by atoms with Gasteiger partial charge >= 0.3 is 0 Å². The summed E-state index contributed by atoms with van der Waals surface area (Å²) in [4.78, 5) is 2.40. The molecule has 346 valence electrons. The molecule has 0 atom stereocenters. The number of anilines is 3. The zero-order chi connectivity index (χ0) is 48.7. The maximum atomic E-state index is 6.35.